The molecule has 6 nitrogen and oxygen atoms in total. The quantitative estimate of drug-likeness (QED) is 0.561. The second kappa shape index (κ2) is 7.35. The van der Waals surface area contributed by atoms with Gasteiger partial charge in [-0.15, -0.1) is 10.2 Å². The third kappa shape index (κ3) is 3.51. The van der Waals surface area contributed by atoms with Gasteiger partial charge in [-0.2, -0.15) is 13.2 Å². The van der Waals surface area contributed by atoms with E-state index in [1.165, 1.54) is 23.1 Å². The molecule has 0 bridgehead atoms. The van der Waals surface area contributed by atoms with E-state index < -0.39 is 28.5 Å². The molecule has 0 saturated heterocycles. The summed E-state index contributed by atoms with van der Waals surface area (Å²) in [5, 5.41) is 7.51. The van der Waals surface area contributed by atoms with E-state index in [0.29, 0.717) is 23.9 Å². The molecule has 3 heterocycles. The van der Waals surface area contributed by atoms with Crippen LogP contribution in [0, 0.1) is 5.82 Å². The first kappa shape index (κ1) is 20.3. The van der Waals surface area contributed by atoms with E-state index in [0.717, 1.165) is 18.3 Å². The highest BCUT2D eigenvalue weighted by Crippen LogP contribution is 2.37. The molecule has 11 heteroatoms. The number of rotatable bonds is 2. The summed E-state index contributed by atoms with van der Waals surface area (Å²) >= 11 is 5.91. The van der Waals surface area contributed by atoms with Crippen LogP contribution in [0.25, 0.3) is 11.5 Å². The zero-order chi connectivity index (χ0) is 21.6. The number of alkyl halides is 3. The lowest BCUT2D eigenvalue weighted by Gasteiger charge is -2.34. The van der Waals surface area contributed by atoms with E-state index in [1.54, 1.807) is 11.5 Å². The molecule has 156 valence electrons. The number of nitrogens with zero attached hydrogens (tertiary/aromatic N) is 5. The molecule has 0 fully saturated rings. The summed E-state index contributed by atoms with van der Waals surface area (Å²) in [6, 6.07) is 5.58. The summed E-state index contributed by atoms with van der Waals surface area (Å²) in [6.45, 7) is 2.07. The first-order chi connectivity index (χ1) is 14.2. The third-order valence-corrected chi connectivity index (χ3v) is 5.28. The normalized spacial score (nSPS) is 16.5. The number of hydrogen-bond donors (Lipinski definition) is 0. The van der Waals surface area contributed by atoms with Crippen molar-refractivity contribution in [3.8, 4) is 11.5 Å². The smallest absolute Gasteiger partial charge is 0.327 e. The van der Waals surface area contributed by atoms with Crippen LogP contribution in [0.1, 0.15) is 28.7 Å². The number of carbonyl (C=O) groups is 1. The monoisotopic (exact) mass is 439 g/mol. The van der Waals surface area contributed by atoms with Crippen molar-refractivity contribution in [1.29, 1.82) is 0 Å². The molecule has 2 aromatic heterocycles. The molecule has 0 unspecified atom stereocenters. The molecule has 1 aliphatic rings. The van der Waals surface area contributed by atoms with Crippen molar-refractivity contribution in [2.24, 2.45) is 0 Å². The molecule has 0 spiro atoms. The standard InChI is InChI=1S/C19H14ClF4N5O/c1-10-8-29-15(26-27-17(29)14-6-5-11(21)7-25-14)9-28(10)18(30)12-3-2-4-13(16(12)20)19(22,23)24/h2-7,10H,8-9H2,1H3/t10-/m0/s1. The summed E-state index contributed by atoms with van der Waals surface area (Å²) in [5.74, 6) is -0.263. The van der Waals surface area contributed by atoms with Crippen molar-refractivity contribution in [2.75, 3.05) is 0 Å². The van der Waals surface area contributed by atoms with E-state index in [2.05, 4.69) is 15.2 Å². The fourth-order valence-corrected chi connectivity index (χ4v) is 3.67. The summed E-state index contributed by atoms with van der Waals surface area (Å²) in [4.78, 5) is 18.4. The van der Waals surface area contributed by atoms with Gasteiger partial charge in [0, 0.05) is 12.6 Å². The van der Waals surface area contributed by atoms with Gasteiger partial charge in [0.2, 0.25) is 0 Å². The predicted octanol–water partition coefficient (Wildman–Crippen LogP) is 4.20. The molecular weight excluding hydrogens is 426 g/mol. The summed E-state index contributed by atoms with van der Waals surface area (Å²) in [6.07, 6.45) is -3.60. The highest BCUT2D eigenvalue weighted by atomic mass is 35.5. The fraction of sp³-hybridized carbons (Fsp3) is 0.263. The van der Waals surface area contributed by atoms with Gasteiger partial charge < -0.3 is 9.47 Å². The minimum absolute atomic E-state index is 0.0285. The molecule has 1 aromatic carbocycles. The maximum absolute atomic E-state index is 13.1. The lowest BCUT2D eigenvalue weighted by molar-refractivity contribution is -0.137. The Hall–Kier alpha value is -3.01. The number of amides is 1. The highest BCUT2D eigenvalue weighted by molar-refractivity contribution is 6.34. The third-order valence-electron chi connectivity index (χ3n) is 4.87. The van der Waals surface area contributed by atoms with Gasteiger partial charge in [0.15, 0.2) is 11.6 Å². The zero-order valence-corrected chi connectivity index (χ0v) is 16.2. The van der Waals surface area contributed by atoms with Gasteiger partial charge in [0.05, 0.1) is 28.9 Å². The number of pyridine rings is 1. The Morgan fingerprint density at radius 1 is 1.20 bits per heavy atom. The van der Waals surface area contributed by atoms with Crippen LogP contribution in [0.2, 0.25) is 5.02 Å². The van der Waals surface area contributed by atoms with E-state index in [1.807, 2.05) is 0 Å². The topological polar surface area (TPSA) is 63.9 Å². The molecule has 0 saturated carbocycles. The number of fused-ring (bicyclic) bond motifs is 1. The summed E-state index contributed by atoms with van der Waals surface area (Å²) < 4.78 is 54.3. The van der Waals surface area contributed by atoms with Gasteiger partial charge in [-0.25, -0.2) is 9.37 Å². The Morgan fingerprint density at radius 2 is 1.97 bits per heavy atom. The Balaban J connectivity index is 1.65. The molecular formula is C19H14ClF4N5O. The Labute approximate surface area is 173 Å². The molecule has 1 amide bonds. The van der Waals surface area contributed by atoms with Gasteiger partial charge in [0.1, 0.15) is 11.5 Å². The predicted molar refractivity (Wildman–Crippen MR) is 99.0 cm³/mol. The van der Waals surface area contributed by atoms with Crippen LogP contribution in [0.15, 0.2) is 36.5 Å². The Morgan fingerprint density at radius 3 is 2.63 bits per heavy atom. The van der Waals surface area contributed by atoms with Crippen LogP contribution in [0.3, 0.4) is 0 Å². The maximum Gasteiger partial charge on any atom is 0.417 e. The first-order valence-electron chi connectivity index (χ1n) is 8.87. The SMILES string of the molecule is C[C@H]1Cn2c(nnc2-c2ccc(F)cn2)CN1C(=O)c1cccc(C(F)(F)F)c1Cl. The lowest BCUT2D eigenvalue weighted by atomic mass is 10.1. The molecule has 0 aliphatic carbocycles. The number of carbonyl (C=O) groups excluding carboxylic acids is 1. The van der Waals surface area contributed by atoms with Gasteiger partial charge in [-0.3, -0.25) is 4.79 Å². The van der Waals surface area contributed by atoms with Crippen LogP contribution >= 0.6 is 11.6 Å². The minimum atomic E-state index is -4.67. The van der Waals surface area contributed by atoms with Crippen LogP contribution < -0.4 is 0 Å². The molecule has 1 aliphatic heterocycles. The molecule has 4 rings (SSSR count). The van der Waals surface area contributed by atoms with Gasteiger partial charge in [-0.1, -0.05) is 17.7 Å². The van der Waals surface area contributed by atoms with E-state index >= 15 is 0 Å². The highest BCUT2D eigenvalue weighted by Gasteiger charge is 2.37. The fourth-order valence-electron chi connectivity index (χ4n) is 3.36. The number of halogens is 5. The van der Waals surface area contributed by atoms with Crippen molar-refractivity contribution in [3.63, 3.8) is 0 Å². The Bertz CT molecular complexity index is 1110. The first-order valence-corrected chi connectivity index (χ1v) is 9.25. The average molecular weight is 440 g/mol. The van der Waals surface area contributed by atoms with Crippen molar-refractivity contribution >= 4 is 17.5 Å². The molecule has 30 heavy (non-hydrogen) atoms. The molecule has 1 atom stereocenters. The minimum Gasteiger partial charge on any atom is -0.327 e. The maximum atomic E-state index is 13.1. The van der Waals surface area contributed by atoms with E-state index in [-0.39, 0.29) is 18.2 Å². The largest absolute Gasteiger partial charge is 0.417 e. The molecule has 3 aromatic rings. The zero-order valence-electron chi connectivity index (χ0n) is 15.5. The Kier molecular flexibility index (Phi) is 4.97. The van der Waals surface area contributed by atoms with Gasteiger partial charge in [0.25, 0.3) is 5.91 Å². The van der Waals surface area contributed by atoms with E-state index in [4.69, 9.17) is 11.6 Å². The molecule has 0 N–H and O–H groups in total. The van der Waals surface area contributed by atoms with Gasteiger partial charge in [-0.05, 0) is 31.2 Å². The number of benzene rings is 1. The number of hydrogen-bond acceptors (Lipinski definition) is 4. The molecule has 0 radical (unpaired) electrons. The van der Waals surface area contributed by atoms with Crippen molar-refractivity contribution < 1.29 is 22.4 Å². The number of aromatic nitrogens is 4. The van der Waals surface area contributed by atoms with Crippen LogP contribution in [-0.2, 0) is 19.3 Å². The van der Waals surface area contributed by atoms with Gasteiger partial charge >= 0.3 is 6.18 Å². The van der Waals surface area contributed by atoms with Crippen molar-refractivity contribution in [2.45, 2.75) is 32.2 Å². The van der Waals surface area contributed by atoms with Crippen LogP contribution in [-0.4, -0.2) is 36.6 Å². The average Bonchev–Trinajstić information content (AvgIpc) is 3.09. The van der Waals surface area contributed by atoms with Crippen molar-refractivity contribution in [1.82, 2.24) is 24.6 Å². The van der Waals surface area contributed by atoms with Crippen LogP contribution in [0.4, 0.5) is 17.6 Å². The summed E-state index contributed by atoms with van der Waals surface area (Å²) in [7, 11) is 0. The second-order valence-electron chi connectivity index (χ2n) is 6.86. The second-order valence-corrected chi connectivity index (χ2v) is 7.24. The lowest BCUT2D eigenvalue weighted by Crippen LogP contribution is -2.45. The van der Waals surface area contributed by atoms with Crippen LogP contribution in [0.5, 0.6) is 0 Å². The summed E-state index contributed by atoms with van der Waals surface area (Å²) in [5.41, 5.74) is -0.873. The van der Waals surface area contributed by atoms with E-state index in [9.17, 15) is 22.4 Å². The van der Waals surface area contributed by atoms with Crippen molar-refractivity contribution in [3.05, 3.63) is 64.3 Å².